The fraction of sp³-hybridized carbons (Fsp3) is 0.115. The molecule has 1 saturated heterocycles. The van der Waals surface area contributed by atoms with Crippen LogP contribution in [0.5, 0.6) is 5.75 Å². The second-order valence-electron chi connectivity index (χ2n) is 7.86. The lowest BCUT2D eigenvalue weighted by atomic mass is 10.0. The first-order chi connectivity index (χ1) is 16.6. The molecule has 0 amide bonds. The Balaban J connectivity index is 1.67. The van der Waals surface area contributed by atoms with Crippen LogP contribution in [0.25, 0.3) is 5.69 Å². The lowest BCUT2D eigenvalue weighted by molar-refractivity contribution is 0.0697. The van der Waals surface area contributed by atoms with Crippen LogP contribution in [0.1, 0.15) is 33.8 Å². The maximum Gasteiger partial charge on any atom is 0.335 e. The van der Waals surface area contributed by atoms with Gasteiger partial charge in [-0.05, 0) is 66.8 Å². The van der Waals surface area contributed by atoms with Gasteiger partial charge in [-0.2, -0.15) is 0 Å². The van der Waals surface area contributed by atoms with Crippen molar-refractivity contribution in [3.63, 3.8) is 0 Å². The number of methoxy groups -OCH3 is 1. The molecule has 0 spiro atoms. The summed E-state index contributed by atoms with van der Waals surface area (Å²) in [5.41, 5.74) is 3.65. The summed E-state index contributed by atoms with van der Waals surface area (Å²) in [6, 6.07) is 23.9. The molecule has 7 nitrogen and oxygen atoms in total. The van der Waals surface area contributed by atoms with E-state index in [1.54, 1.807) is 31.5 Å². The van der Waals surface area contributed by atoms with Gasteiger partial charge in [0.25, 0.3) is 0 Å². The number of carboxylic acid groups (broad SMARTS) is 1. The number of anilines is 1. The van der Waals surface area contributed by atoms with Gasteiger partial charge in [-0.1, -0.05) is 18.2 Å². The molecule has 2 aromatic carbocycles. The summed E-state index contributed by atoms with van der Waals surface area (Å²) in [5, 5.41) is 13.5. The molecule has 0 saturated carbocycles. The number of aromatic carboxylic acids is 1. The number of hydrogen-bond donors (Lipinski definition) is 2. The first-order valence-corrected chi connectivity index (χ1v) is 11.1. The number of thiocarbonyl (C=S) groups is 1. The average Bonchev–Trinajstić information content (AvgIpc) is 3.49. The van der Waals surface area contributed by atoms with Gasteiger partial charge in [0.2, 0.25) is 0 Å². The van der Waals surface area contributed by atoms with Gasteiger partial charge in [-0.3, -0.25) is 4.98 Å². The van der Waals surface area contributed by atoms with Crippen molar-refractivity contribution in [3.8, 4) is 11.4 Å². The van der Waals surface area contributed by atoms with Crippen LogP contribution in [-0.2, 0) is 0 Å². The highest BCUT2D eigenvalue weighted by atomic mass is 32.1. The monoisotopic (exact) mass is 470 g/mol. The summed E-state index contributed by atoms with van der Waals surface area (Å²) in [5.74, 6) is -0.242. The molecule has 2 N–H and O–H groups in total. The van der Waals surface area contributed by atoms with Crippen LogP contribution in [0.4, 0.5) is 5.69 Å². The highest BCUT2D eigenvalue weighted by Crippen LogP contribution is 2.42. The van der Waals surface area contributed by atoms with E-state index in [1.807, 2.05) is 71.4 Å². The minimum Gasteiger partial charge on any atom is -0.497 e. The van der Waals surface area contributed by atoms with Gasteiger partial charge >= 0.3 is 5.97 Å². The van der Waals surface area contributed by atoms with Crippen LogP contribution in [0.2, 0.25) is 0 Å². The van der Waals surface area contributed by atoms with Crippen molar-refractivity contribution in [2.24, 2.45) is 0 Å². The molecular formula is C26H22N4O3S. The fourth-order valence-electron chi connectivity index (χ4n) is 4.35. The molecule has 0 bridgehead atoms. The maximum absolute atomic E-state index is 11.6. The Hall–Kier alpha value is -4.17. The van der Waals surface area contributed by atoms with Crippen molar-refractivity contribution in [2.75, 3.05) is 12.0 Å². The zero-order valence-electron chi connectivity index (χ0n) is 18.3. The summed E-state index contributed by atoms with van der Waals surface area (Å²) in [7, 11) is 1.63. The minimum absolute atomic E-state index is 0.225. The van der Waals surface area contributed by atoms with Gasteiger partial charge < -0.3 is 24.6 Å². The molecule has 8 heteroatoms. The number of ether oxygens (including phenoxy) is 1. The first kappa shape index (κ1) is 21.7. The van der Waals surface area contributed by atoms with Crippen molar-refractivity contribution >= 4 is 29.0 Å². The molecule has 2 aromatic heterocycles. The Morgan fingerprint density at radius 2 is 1.85 bits per heavy atom. The Morgan fingerprint density at radius 3 is 2.62 bits per heavy atom. The van der Waals surface area contributed by atoms with E-state index in [2.05, 4.69) is 15.2 Å². The van der Waals surface area contributed by atoms with Crippen molar-refractivity contribution in [3.05, 3.63) is 108 Å². The van der Waals surface area contributed by atoms with Gasteiger partial charge in [0.05, 0.1) is 24.4 Å². The third kappa shape index (κ3) is 3.88. The van der Waals surface area contributed by atoms with Crippen molar-refractivity contribution < 1.29 is 14.6 Å². The number of pyridine rings is 1. The zero-order valence-corrected chi connectivity index (χ0v) is 19.1. The largest absolute Gasteiger partial charge is 0.497 e. The van der Waals surface area contributed by atoms with E-state index in [-0.39, 0.29) is 17.6 Å². The van der Waals surface area contributed by atoms with Crippen LogP contribution in [0.15, 0.2) is 91.3 Å². The first-order valence-electron chi connectivity index (χ1n) is 10.7. The zero-order chi connectivity index (χ0) is 23.7. The van der Waals surface area contributed by atoms with Crippen LogP contribution in [0.3, 0.4) is 0 Å². The molecule has 1 fully saturated rings. The van der Waals surface area contributed by atoms with Crippen LogP contribution >= 0.6 is 12.2 Å². The third-order valence-electron chi connectivity index (χ3n) is 5.88. The fourth-order valence-corrected chi connectivity index (χ4v) is 4.70. The number of rotatable bonds is 6. The SMILES string of the molecule is COc1cccc(N2C(=S)N[C@@H](c3ccccn3)[C@@H]2c2cccn2-c2cccc(C(=O)O)c2)c1. The third-order valence-corrected chi connectivity index (χ3v) is 6.20. The smallest absolute Gasteiger partial charge is 0.335 e. The Labute approximate surface area is 202 Å². The molecule has 0 aliphatic carbocycles. The number of nitrogens with zero attached hydrogens (tertiary/aromatic N) is 3. The van der Waals surface area contributed by atoms with Crippen molar-refractivity contribution in [1.82, 2.24) is 14.9 Å². The molecule has 2 atom stereocenters. The number of carbonyl (C=O) groups is 1. The van der Waals surface area contributed by atoms with E-state index < -0.39 is 5.97 Å². The van der Waals surface area contributed by atoms with Gasteiger partial charge in [-0.15, -0.1) is 0 Å². The van der Waals surface area contributed by atoms with Gasteiger partial charge in [0.1, 0.15) is 11.8 Å². The Morgan fingerprint density at radius 1 is 1.03 bits per heavy atom. The van der Waals surface area contributed by atoms with E-state index >= 15 is 0 Å². The number of benzene rings is 2. The summed E-state index contributed by atoms with van der Waals surface area (Å²) in [6.07, 6.45) is 3.69. The summed E-state index contributed by atoms with van der Waals surface area (Å²) in [6.45, 7) is 0. The van der Waals surface area contributed by atoms with Gasteiger partial charge in [0, 0.05) is 35.5 Å². The lowest BCUT2D eigenvalue weighted by Gasteiger charge is -2.29. The highest BCUT2D eigenvalue weighted by Gasteiger charge is 2.42. The van der Waals surface area contributed by atoms with Crippen molar-refractivity contribution in [2.45, 2.75) is 12.1 Å². The Bertz CT molecular complexity index is 1350. The van der Waals surface area contributed by atoms with Crippen LogP contribution in [-0.4, -0.2) is 32.8 Å². The molecule has 34 heavy (non-hydrogen) atoms. The van der Waals surface area contributed by atoms with E-state index in [9.17, 15) is 9.90 Å². The average molecular weight is 471 g/mol. The van der Waals surface area contributed by atoms with Crippen LogP contribution in [0, 0.1) is 0 Å². The van der Waals surface area contributed by atoms with E-state index in [4.69, 9.17) is 17.0 Å². The molecule has 1 aliphatic rings. The molecule has 0 radical (unpaired) electrons. The standard InChI is InChI=1S/C26H22N4O3S/c1-33-20-10-5-9-19(16-20)30-24(23(28-26(30)34)21-11-2-3-13-27-21)22-12-6-14-29(22)18-8-4-7-17(15-18)25(31)32/h2-16,23-24H,1H3,(H,28,34)(H,31,32)/t23-,24-/m0/s1. The molecule has 5 rings (SSSR count). The quantitative estimate of drug-likeness (QED) is 0.394. The van der Waals surface area contributed by atoms with E-state index in [1.165, 1.54) is 0 Å². The highest BCUT2D eigenvalue weighted by molar-refractivity contribution is 7.80. The maximum atomic E-state index is 11.6. The van der Waals surface area contributed by atoms with E-state index in [0.29, 0.717) is 5.11 Å². The number of carboxylic acids is 1. The molecule has 3 heterocycles. The van der Waals surface area contributed by atoms with Gasteiger partial charge in [0.15, 0.2) is 5.11 Å². The summed E-state index contributed by atoms with van der Waals surface area (Å²) >= 11 is 5.80. The summed E-state index contributed by atoms with van der Waals surface area (Å²) < 4.78 is 7.45. The van der Waals surface area contributed by atoms with Crippen molar-refractivity contribution in [1.29, 1.82) is 0 Å². The normalized spacial score (nSPS) is 17.4. The second-order valence-corrected chi connectivity index (χ2v) is 8.24. The number of aromatic nitrogens is 2. The minimum atomic E-state index is -0.969. The molecule has 170 valence electrons. The second kappa shape index (κ2) is 8.99. The predicted octanol–water partition coefficient (Wildman–Crippen LogP) is 4.76. The molecule has 1 aliphatic heterocycles. The summed E-state index contributed by atoms with van der Waals surface area (Å²) in [4.78, 5) is 18.2. The predicted molar refractivity (Wildman–Crippen MR) is 134 cm³/mol. The lowest BCUT2D eigenvalue weighted by Crippen LogP contribution is -2.30. The Kier molecular flexibility index (Phi) is 5.73. The number of hydrogen-bond acceptors (Lipinski definition) is 4. The van der Waals surface area contributed by atoms with Crippen LogP contribution < -0.4 is 15.0 Å². The number of nitrogens with one attached hydrogen (secondary N) is 1. The molecule has 4 aromatic rings. The topological polar surface area (TPSA) is 79.6 Å². The molecule has 0 unspecified atom stereocenters. The van der Waals surface area contributed by atoms with Gasteiger partial charge in [-0.25, -0.2) is 4.79 Å². The van der Waals surface area contributed by atoms with E-state index in [0.717, 1.165) is 28.5 Å². The molecular weight excluding hydrogens is 448 g/mol.